The molecule has 1 saturated heterocycles. The summed E-state index contributed by atoms with van der Waals surface area (Å²) in [7, 11) is 0. The average molecular weight is 354 g/mol. The Bertz CT molecular complexity index is 888. The third kappa shape index (κ3) is 3.23. The second-order valence-corrected chi connectivity index (χ2v) is 6.27. The molecule has 0 N–H and O–H groups in total. The van der Waals surface area contributed by atoms with Gasteiger partial charge in [-0.05, 0) is 26.0 Å². The molecule has 0 unspecified atom stereocenters. The second-order valence-electron chi connectivity index (χ2n) is 6.27. The number of hydrogen-bond acceptors (Lipinski definition) is 7. The van der Waals surface area contributed by atoms with Gasteiger partial charge in [-0.3, -0.25) is 4.79 Å². The van der Waals surface area contributed by atoms with Crippen molar-refractivity contribution in [3.8, 4) is 11.3 Å². The summed E-state index contributed by atoms with van der Waals surface area (Å²) in [5, 5.41) is 3.80. The van der Waals surface area contributed by atoms with E-state index in [0.29, 0.717) is 36.1 Å². The molecule has 2 aromatic heterocycles. The standard InChI is InChI=1S/C18H18N4O4/c1-11-8-22(9-16(25-11)17-20-12(2)21-26-17)18(23)14-5-3-13(4-6-14)15-7-19-10-24-15/h3-7,10-11,16H,8-9H2,1-2H3/t11-,16-/m1/s1. The van der Waals surface area contributed by atoms with E-state index in [9.17, 15) is 4.79 Å². The van der Waals surface area contributed by atoms with Gasteiger partial charge in [-0.15, -0.1) is 0 Å². The number of amides is 1. The highest BCUT2D eigenvalue weighted by Gasteiger charge is 2.33. The molecule has 1 fully saturated rings. The number of carbonyl (C=O) groups excluding carboxylic acids is 1. The van der Waals surface area contributed by atoms with Crippen molar-refractivity contribution in [2.45, 2.75) is 26.1 Å². The Morgan fingerprint density at radius 2 is 2.04 bits per heavy atom. The molecule has 0 saturated carbocycles. The first-order valence-corrected chi connectivity index (χ1v) is 8.34. The maximum atomic E-state index is 12.9. The molecule has 2 atom stereocenters. The van der Waals surface area contributed by atoms with Crippen molar-refractivity contribution < 1.29 is 18.5 Å². The van der Waals surface area contributed by atoms with E-state index in [-0.39, 0.29) is 12.0 Å². The van der Waals surface area contributed by atoms with Gasteiger partial charge in [-0.1, -0.05) is 17.3 Å². The van der Waals surface area contributed by atoms with Crippen LogP contribution in [-0.2, 0) is 4.74 Å². The molecule has 8 heteroatoms. The third-order valence-electron chi connectivity index (χ3n) is 4.21. The zero-order valence-electron chi connectivity index (χ0n) is 14.5. The summed E-state index contributed by atoms with van der Waals surface area (Å²) in [6.07, 6.45) is 2.47. The van der Waals surface area contributed by atoms with Gasteiger partial charge in [0.1, 0.15) is 0 Å². The highest BCUT2D eigenvalue weighted by atomic mass is 16.5. The van der Waals surface area contributed by atoms with Crippen LogP contribution in [0.4, 0.5) is 0 Å². The van der Waals surface area contributed by atoms with Crippen molar-refractivity contribution in [1.29, 1.82) is 0 Å². The largest absolute Gasteiger partial charge is 0.444 e. The number of hydrogen-bond donors (Lipinski definition) is 0. The van der Waals surface area contributed by atoms with Crippen molar-refractivity contribution in [3.05, 3.63) is 54.1 Å². The third-order valence-corrected chi connectivity index (χ3v) is 4.21. The molecule has 3 aromatic rings. The predicted molar refractivity (Wildman–Crippen MR) is 90.2 cm³/mol. The molecular weight excluding hydrogens is 336 g/mol. The fourth-order valence-electron chi connectivity index (χ4n) is 3.02. The lowest BCUT2D eigenvalue weighted by molar-refractivity contribution is -0.0810. The summed E-state index contributed by atoms with van der Waals surface area (Å²) in [6, 6.07) is 7.26. The van der Waals surface area contributed by atoms with Gasteiger partial charge in [0.05, 0.1) is 18.8 Å². The van der Waals surface area contributed by atoms with E-state index in [2.05, 4.69) is 15.1 Å². The smallest absolute Gasteiger partial charge is 0.257 e. The minimum Gasteiger partial charge on any atom is -0.444 e. The molecule has 1 amide bonds. The Kier molecular flexibility index (Phi) is 4.26. The van der Waals surface area contributed by atoms with E-state index in [0.717, 1.165) is 5.56 Å². The maximum Gasteiger partial charge on any atom is 0.257 e. The fraction of sp³-hybridized carbons (Fsp3) is 0.333. The lowest BCUT2D eigenvalue weighted by Crippen LogP contribution is -2.46. The lowest BCUT2D eigenvalue weighted by atomic mass is 10.1. The summed E-state index contributed by atoms with van der Waals surface area (Å²) in [5.74, 6) is 1.54. The minimum atomic E-state index is -0.419. The number of carbonyl (C=O) groups is 1. The Morgan fingerprint density at radius 1 is 1.23 bits per heavy atom. The van der Waals surface area contributed by atoms with Crippen LogP contribution in [0.1, 0.15) is 35.1 Å². The predicted octanol–water partition coefficient (Wildman–Crippen LogP) is 2.64. The molecule has 26 heavy (non-hydrogen) atoms. The number of aromatic nitrogens is 3. The van der Waals surface area contributed by atoms with Crippen molar-refractivity contribution in [2.75, 3.05) is 13.1 Å². The van der Waals surface area contributed by atoms with Crippen LogP contribution in [0, 0.1) is 6.92 Å². The minimum absolute atomic E-state index is 0.0643. The van der Waals surface area contributed by atoms with Gasteiger partial charge in [0.15, 0.2) is 24.1 Å². The van der Waals surface area contributed by atoms with E-state index < -0.39 is 6.10 Å². The molecule has 1 aromatic carbocycles. The molecule has 3 heterocycles. The van der Waals surface area contributed by atoms with Crippen molar-refractivity contribution >= 4 is 5.91 Å². The Hall–Kier alpha value is -3.00. The average Bonchev–Trinajstić information content (AvgIpc) is 3.32. The SMILES string of the molecule is Cc1noc([C@H]2CN(C(=O)c3ccc(-c4cnco4)cc3)C[C@@H](C)O2)n1. The van der Waals surface area contributed by atoms with Crippen LogP contribution in [0.25, 0.3) is 11.3 Å². The van der Waals surface area contributed by atoms with Gasteiger partial charge in [-0.2, -0.15) is 4.98 Å². The van der Waals surface area contributed by atoms with Crippen LogP contribution >= 0.6 is 0 Å². The van der Waals surface area contributed by atoms with E-state index in [4.69, 9.17) is 13.7 Å². The first-order chi connectivity index (χ1) is 12.6. The van der Waals surface area contributed by atoms with E-state index in [1.165, 1.54) is 6.39 Å². The number of nitrogens with zero attached hydrogens (tertiary/aromatic N) is 4. The van der Waals surface area contributed by atoms with Crippen LogP contribution in [0.5, 0.6) is 0 Å². The van der Waals surface area contributed by atoms with E-state index in [1.54, 1.807) is 30.2 Å². The number of benzene rings is 1. The van der Waals surface area contributed by atoms with Crippen LogP contribution in [0.2, 0.25) is 0 Å². The molecule has 134 valence electrons. The monoisotopic (exact) mass is 354 g/mol. The quantitative estimate of drug-likeness (QED) is 0.713. The topological polar surface area (TPSA) is 94.5 Å². The molecule has 0 radical (unpaired) electrons. The zero-order valence-corrected chi connectivity index (χ0v) is 14.5. The van der Waals surface area contributed by atoms with Gasteiger partial charge in [0.2, 0.25) is 0 Å². The summed E-state index contributed by atoms with van der Waals surface area (Å²) < 4.78 is 16.3. The second kappa shape index (κ2) is 6.72. The molecule has 0 spiro atoms. The van der Waals surface area contributed by atoms with Gasteiger partial charge < -0.3 is 18.6 Å². The maximum absolute atomic E-state index is 12.9. The number of ether oxygens (including phenoxy) is 1. The van der Waals surface area contributed by atoms with Gasteiger partial charge in [0, 0.05) is 17.7 Å². The summed E-state index contributed by atoms with van der Waals surface area (Å²) >= 11 is 0. The molecule has 1 aliphatic rings. The van der Waals surface area contributed by atoms with Crippen molar-refractivity contribution in [3.63, 3.8) is 0 Å². The molecule has 8 nitrogen and oxygen atoms in total. The van der Waals surface area contributed by atoms with E-state index >= 15 is 0 Å². The number of rotatable bonds is 3. The first-order valence-electron chi connectivity index (χ1n) is 8.34. The molecule has 1 aliphatic heterocycles. The number of oxazole rings is 1. The highest BCUT2D eigenvalue weighted by molar-refractivity contribution is 5.94. The molecule has 0 bridgehead atoms. The van der Waals surface area contributed by atoms with Crippen LogP contribution < -0.4 is 0 Å². The van der Waals surface area contributed by atoms with E-state index in [1.807, 2.05) is 19.1 Å². The van der Waals surface area contributed by atoms with Gasteiger partial charge in [-0.25, -0.2) is 4.98 Å². The van der Waals surface area contributed by atoms with Crippen LogP contribution in [0.3, 0.4) is 0 Å². The summed E-state index contributed by atoms with van der Waals surface area (Å²) in [4.78, 5) is 22.8. The lowest BCUT2D eigenvalue weighted by Gasteiger charge is -2.35. The van der Waals surface area contributed by atoms with Crippen LogP contribution in [-0.4, -0.2) is 45.1 Å². The molecule has 0 aliphatic carbocycles. The Balaban J connectivity index is 1.51. The van der Waals surface area contributed by atoms with Crippen molar-refractivity contribution in [1.82, 2.24) is 20.0 Å². The number of aryl methyl sites for hydroxylation is 1. The molecular formula is C18H18N4O4. The summed E-state index contributed by atoms with van der Waals surface area (Å²) in [6.45, 7) is 4.54. The fourth-order valence-corrected chi connectivity index (χ4v) is 3.02. The number of morpholine rings is 1. The first kappa shape index (κ1) is 16.5. The van der Waals surface area contributed by atoms with Gasteiger partial charge in [0.25, 0.3) is 11.8 Å². The van der Waals surface area contributed by atoms with Crippen molar-refractivity contribution in [2.24, 2.45) is 0 Å². The Morgan fingerprint density at radius 3 is 2.69 bits per heavy atom. The van der Waals surface area contributed by atoms with Gasteiger partial charge >= 0.3 is 0 Å². The highest BCUT2D eigenvalue weighted by Crippen LogP contribution is 2.26. The molecule has 4 rings (SSSR count). The van der Waals surface area contributed by atoms with Crippen LogP contribution in [0.15, 0.2) is 45.8 Å². The zero-order chi connectivity index (χ0) is 18.1. The Labute approximate surface area is 149 Å². The normalized spacial score (nSPS) is 20.3. The summed E-state index contributed by atoms with van der Waals surface area (Å²) in [5.41, 5.74) is 1.47.